The monoisotopic (exact) mass is 261 g/mol. The van der Waals surface area contributed by atoms with Crippen molar-refractivity contribution in [2.24, 2.45) is 5.92 Å². The third-order valence-electron chi connectivity index (χ3n) is 3.61. The predicted molar refractivity (Wildman–Crippen MR) is 68.5 cm³/mol. The molecule has 1 heterocycles. The summed E-state index contributed by atoms with van der Waals surface area (Å²) in [5.41, 5.74) is 0. The van der Waals surface area contributed by atoms with Crippen molar-refractivity contribution >= 4 is 15.7 Å². The Kier molecular flexibility index (Phi) is 4.98. The molecular formula is C12H23NO3S. The van der Waals surface area contributed by atoms with Crippen molar-refractivity contribution in [3.8, 4) is 0 Å². The maximum Gasteiger partial charge on any atom is 0.225 e. The van der Waals surface area contributed by atoms with Gasteiger partial charge in [0.1, 0.15) is 0 Å². The van der Waals surface area contributed by atoms with Gasteiger partial charge in [-0.3, -0.25) is 4.79 Å². The Morgan fingerprint density at radius 2 is 1.88 bits per heavy atom. The Morgan fingerprint density at radius 3 is 2.24 bits per heavy atom. The van der Waals surface area contributed by atoms with Gasteiger partial charge in [0.15, 0.2) is 9.84 Å². The minimum atomic E-state index is -2.92. The highest BCUT2D eigenvalue weighted by Crippen LogP contribution is 2.21. The van der Waals surface area contributed by atoms with E-state index >= 15 is 0 Å². The molecule has 4 nitrogen and oxygen atoms in total. The zero-order valence-corrected chi connectivity index (χ0v) is 11.8. The summed E-state index contributed by atoms with van der Waals surface area (Å²) in [7, 11) is -2.92. The Morgan fingerprint density at radius 1 is 1.29 bits per heavy atom. The lowest BCUT2D eigenvalue weighted by Gasteiger charge is -2.30. The highest BCUT2D eigenvalue weighted by atomic mass is 32.2. The van der Waals surface area contributed by atoms with Crippen LogP contribution in [0.3, 0.4) is 0 Å². The Balaban J connectivity index is 2.75. The van der Waals surface area contributed by atoms with E-state index in [0.717, 1.165) is 12.8 Å². The Bertz CT molecular complexity index is 360. The van der Waals surface area contributed by atoms with Crippen LogP contribution in [-0.2, 0) is 14.6 Å². The molecule has 0 aromatic carbocycles. The van der Waals surface area contributed by atoms with Gasteiger partial charge in [0.05, 0.1) is 11.5 Å². The average Bonchev–Trinajstić information content (AvgIpc) is 2.62. The largest absolute Gasteiger partial charge is 0.339 e. The second-order valence-corrected chi connectivity index (χ2v) is 6.92. The molecule has 1 aliphatic rings. The van der Waals surface area contributed by atoms with Gasteiger partial charge >= 0.3 is 0 Å². The molecule has 100 valence electrons. The van der Waals surface area contributed by atoms with E-state index in [1.807, 2.05) is 20.8 Å². The number of hydrogen-bond donors (Lipinski definition) is 0. The molecule has 0 aromatic rings. The summed E-state index contributed by atoms with van der Waals surface area (Å²) in [5.74, 6) is 0.537. The van der Waals surface area contributed by atoms with Crippen LogP contribution in [0.4, 0.5) is 0 Å². The molecule has 5 heteroatoms. The average molecular weight is 261 g/mol. The van der Waals surface area contributed by atoms with Gasteiger partial charge in [0.25, 0.3) is 0 Å². The summed E-state index contributed by atoms with van der Waals surface area (Å²) in [6.07, 6.45) is 2.25. The SMILES string of the molecule is CCC(CC)C(=O)N(CC)C1CCS(=O)(=O)C1. The Labute approximate surface area is 104 Å². The quantitative estimate of drug-likeness (QED) is 0.753. The van der Waals surface area contributed by atoms with Crippen LogP contribution in [0.1, 0.15) is 40.0 Å². The summed E-state index contributed by atoms with van der Waals surface area (Å²) in [4.78, 5) is 14.0. The van der Waals surface area contributed by atoms with Gasteiger partial charge in [0, 0.05) is 18.5 Å². The van der Waals surface area contributed by atoms with E-state index < -0.39 is 9.84 Å². The molecule has 1 amide bonds. The molecular weight excluding hydrogens is 238 g/mol. The van der Waals surface area contributed by atoms with E-state index in [1.165, 1.54) is 0 Å². The zero-order chi connectivity index (χ0) is 13.1. The lowest BCUT2D eigenvalue weighted by molar-refractivity contribution is -0.137. The van der Waals surface area contributed by atoms with E-state index in [9.17, 15) is 13.2 Å². The first-order chi connectivity index (χ1) is 7.95. The van der Waals surface area contributed by atoms with Gasteiger partial charge in [-0.25, -0.2) is 8.42 Å². The lowest BCUT2D eigenvalue weighted by atomic mass is 10.0. The predicted octanol–water partition coefficient (Wildman–Crippen LogP) is 1.46. The van der Waals surface area contributed by atoms with Crippen molar-refractivity contribution in [1.82, 2.24) is 4.90 Å². The number of hydrogen-bond acceptors (Lipinski definition) is 3. The van der Waals surface area contributed by atoms with Crippen LogP contribution in [0.5, 0.6) is 0 Å². The third kappa shape index (κ3) is 3.44. The summed E-state index contributed by atoms with van der Waals surface area (Å²) in [5, 5.41) is 0. The lowest BCUT2D eigenvalue weighted by Crippen LogP contribution is -2.43. The first kappa shape index (κ1) is 14.5. The number of amides is 1. The molecule has 1 unspecified atom stereocenters. The van der Waals surface area contributed by atoms with Gasteiger partial charge < -0.3 is 4.90 Å². The standard InChI is InChI=1S/C12H23NO3S/c1-4-10(5-2)12(14)13(6-3)11-7-8-17(15,16)9-11/h10-11H,4-9H2,1-3H3. The van der Waals surface area contributed by atoms with Crippen LogP contribution in [0.25, 0.3) is 0 Å². The molecule has 0 saturated carbocycles. The first-order valence-corrected chi connectivity index (χ1v) is 8.28. The van der Waals surface area contributed by atoms with Crippen molar-refractivity contribution in [1.29, 1.82) is 0 Å². The molecule has 1 aliphatic heterocycles. The van der Waals surface area contributed by atoms with Gasteiger partial charge in [-0.2, -0.15) is 0 Å². The van der Waals surface area contributed by atoms with E-state index in [0.29, 0.717) is 13.0 Å². The minimum absolute atomic E-state index is 0.0401. The Hall–Kier alpha value is -0.580. The molecule has 1 atom stereocenters. The smallest absolute Gasteiger partial charge is 0.225 e. The number of sulfone groups is 1. The molecule has 0 N–H and O–H groups in total. The second-order valence-electron chi connectivity index (χ2n) is 4.69. The highest BCUT2D eigenvalue weighted by molar-refractivity contribution is 7.91. The van der Waals surface area contributed by atoms with Crippen molar-refractivity contribution in [3.05, 3.63) is 0 Å². The molecule has 0 spiro atoms. The zero-order valence-electron chi connectivity index (χ0n) is 11.0. The fourth-order valence-electron chi connectivity index (χ4n) is 2.49. The van der Waals surface area contributed by atoms with Crippen LogP contribution < -0.4 is 0 Å². The molecule has 1 rings (SSSR count). The first-order valence-electron chi connectivity index (χ1n) is 6.46. The molecule has 0 radical (unpaired) electrons. The van der Waals surface area contributed by atoms with E-state index in [4.69, 9.17) is 0 Å². The number of carbonyl (C=O) groups excluding carboxylic acids is 1. The summed E-state index contributed by atoms with van der Waals surface area (Å²) in [6, 6.07) is -0.0990. The summed E-state index contributed by atoms with van der Waals surface area (Å²) >= 11 is 0. The molecule has 0 aromatic heterocycles. The normalized spacial score (nSPS) is 22.9. The summed E-state index contributed by atoms with van der Waals surface area (Å²) < 4.78 is 22.9. The van der Waals surface area contributed by atoms with Crippen molar-refractivity contribution in [3.63, 3.8) is 0 Å². The van der Waals surface area contributed by atoms with Gasteiger partial charge in [-0.15, -0.1) is 0 Å². The number of carbonyl (C=O) groups is 1. The van der Waals surface area contributed by atoms with Crippen LogP contribution in [0.15, 0.2) is 0 Å². The van der Waals surface area contributed by atoms with Crippen LogP contribution >= 0.6 is 0 Å². The van der Waals surface area contributed by atoms with Crippen LogP contribution in [-0.4, -0.2) is 43.3 Å². The van der Waals surface area contributed by atoms with Gasteiger partial charge in [-0.05, 0) is 26.2 Å². The molecule has 0 bridgehead atoms. The topological polar surface area (TPSA) is 54.5 Å². The highest BCUT2D eigenvalue weighted by Gasteiger charge is 2.35. The molecule has 1 fully saturated rings. The minimum Gasteiger partial charge on any atom is -0.339 e. The van der Waals surface area contributed by atoms with E-state index in [2.05, 4.69) is 0 Å². The van der Waals surface area contributed by atoms with Crippen LogP contribution in [0.2, 0.25) is 0 Å². The van der Waals surface area contributed by atoms with E-state index in [-0.39, 0.29) is 29.4 Å². The third-order valence-corrected chi connectivity index (χ3v) is 5.36. The van der Waals surface area contributed by atoms with Gasteiger partial charge in [0.2, 0.25) is 5.91 Å². The number of rotatable bonds is 5. The van der Waals surface area contributed by atoms with Crippen molar-refractivity contribution in [2.45, 2.75) is 46.1 Å². The second kappa shape index (κ2) is 5.85. The molecule has 1 saturated heterocycles. The summed E-state index contributed by atoms with van der Waals surface area (Å²) in [6.45, 7) is 6.54. The van der Waals surface area contributed by atoms with Gasteiger partial charge in [-0.1, -0.05) is 13.8 Å². The molecule has 17 heavy (non-hydrogen) atoms. The van der Waals surface area contributed by atoms with Crippen LogP contribution in [0, 0.1) is 5.92 Å². The molecule has 0 aliphatic carbocycles. The fraction of sp³-hybridized carbons (Fsp3) is 0.917. The van der Waals surface area contributed by atoms with E-state index in [1.54, 1.807) is 4.90 Å². The fourth-order valence-corrected chi connectivity index (χ4v) is 4.22. The maximum absolute atomic E-state index is 12.3. The number of nitrogens with zero attached hydrogens (tertiary/aromatic N) is 1. The van der Waals surface area contributed by atoms with Crippen molar-refractivity contribution < 1.29 is 13.2 Å². The maximum atomic E-state index is 12.3. The van der Waals surface area contributed by atoms with Crippen molar-refractivity contribution in [2.75, 3.05) is 18.1 Å².